The molecule has 162 valence electrons. The van der Waals surface area contributed by atoms with Crippen molar-refractivity contribution in [2.75, 3.05) is 13.7 Å². The number of methoxy groups -OCH3 is 1. The van der Waals surface area contributed by atoms with Gasteiger partial charge < -0.3 is 9.47 Å². The molecule has 0 aromatic heterocycles. The number of carbonyl (C=O) groups excluding carboxylic acids is 1. The molecule has 0 saturated heterocycles. The molecule has 0 saturated carbocycles. The molecule has 0 aliphatic rings. The predicted octanol–water partition coefficient (Wildman–Crippen LogP) is 6.45. The Morgan fingerprint density at radius 1 is 1.00 bits per heavy atom. The van der Waals surface area contributed by atoms with E-state index in [-0.39, 0.29) is 17.5 Å². The molecule has 31 heavy (non-hydrogen) atoms. The molecular formula is C27H29FO3. The maximum atomic E-state index is 15.0. The second-order valence-corrected chi connectivity index (χ2v) is 7.86. The van der Waals surface area contributed by atoms with Crippen molar-refractivity contribution in [3.05, 3.63) is 94.3 Å². The maximum Gasteiger partial charge on any atom is 0.168 e. The fourth-order valence-electron chi connectivity index (χ4n) is 3.75. The lowest BCUT2D eigenvalue weighted by molar-refractivity contribution is 0.112. The molecule has 0 aliphatic heterocycles. The normalized spacial score (nSPS) is 11.7. The Hall–Kier alpha value is -3.14. The molecule has 3 rings (SSSR count). The molecular weight excluding hydrogens is 391 g/mol. The first-order valence-electron chi connectivity index (χ1n) is 10.6. The van der Waals surface area contributed by atoms with Crippen LogP contribution < -0.4 is 9.47 Å². The van der Waals surface area contributed by atoms with Gasteiger partial charge in [0.2, 0.25) is 0 Å². The van der Waals surface area contributed by atoms with Gasteiger partial charge in [0.1, 0.15) is 12.0 Å². The number of hydrogen-bond donors (Lipinski definition) is 0. The van der Waals surface area contributed by atoms with Gasteiger partial charge in [0.15, 0.2) is 11.6 Å². The minimum Gasteiger partial charge on any atom is -0.494 e. The van der Waals surface area contributed by atoms with Crippen LogP contribution in [0.3, 0.4) is 0 Å². The molecule has 1 atom stereocenters. The van der Waals surface area contributed by atoms with Gasteiger partial charge >= 0.3 is 0 Å². The highest BCUT2D eigenvalue weighted by atomic mass is 19.1. The van der Waals surface area contributed by atoms with Crippen LogP contribution in [0.4, 0.5) is 4.39 Å². The lowest BCUT2D eigenvalue weighted by Crippen LogP contribution is -2.09. The molecule has 0 bridgehead atoms. The van der Waals surface area contributed by atoms with E-state index >= 15 is 4.39 Å². The Bertz CT molecular complexity index is 1010. The lowest BCUT2D eigenvalue weighted by Gasteiger charge is -2.20. The van der Waals surface area contributed by atoms with Crippen molar-refractivity contribution in [2.45, 2.75) is 39.0 Å². The standard InChI is InChI=1S/C27H29FO3/c1-19-9-10-22(16-20(19)2)17-23(25-7-4-8-26(30-3)27(25)28)6-5-15-31-24-13-11-21(18-29)12-14-24/h4,7-14,16,18,23H,5-6,15,17H2,1-3H3. The average molecular weight is 421 g/mol. The predicted molar refractivity (Wildman–Crippen MR) is 122 cm³/mol. The molecule has 3 aromatic rings. The van der Waals surface area contributed by atoms with Crippen molar-refractivity contribution in [3.63, 3.8) is 0 Å². The smallest absolute Gasteiger partial charge is 0.168 e. The van der Waals surface area contributed by atoms with E-state index in [0.717, 1.165) is 31.3 Å². The van der Waals surface area contributed by atoms with Crippen LogP contribution in [0.2, 0.25) is 0 Å². The van der Waals surface area contributed by atoms with Crippen LogP contribution in [0, 0.1) is 19.7 Å². The summed E-state index contributed by atoms with van der Waals surface area (Å²) >= 11 is 0. The third kappa shape index (κ3) is 5.94. The van der Waals surface area contributed by atoms with E-state index in [2.05, 4.69) is 32.0 Å². The summed E-state index contributed by atoms with van der Waals surface area (Å²) in [6.45, 7) is 4.72. The second kappa shape index (κ2) is 10.8. The molecule has 0 radical (unpaired) electrons. The number of hydrogen-bond acceptors (Lipinski definition) is 3. The van der Waals surface area contributed by atoms with Crippen LogP contribution in [-0.4, -0.2) is 20.0 Å². The van der Waals surface area contributed by atoms with Crippen LogP contribution in [0.1, 0.15) is 51.4 Å². The Morgan fingerprint density at radius 3 is 2.45 bits per heavy atom. The minimum atomic E-state index is -0.288. The first-order chi connectivity index (χ1) is 15.0. The third-order valence-electron chi connectivity index (χ3n) is 5.69. The summed E-state index contributed by atoms with van der Waals surface area (Å²) in [5.41, 5.74) is 4.98. The van der Waals surface area contributed by atoms with Gasteiger partial charge in [-0.15, -0.1) is 0 Å². The molecule has 4 heteroatoms. The average Bonchev–Trinajstić information content (AvgIpc) is 2.79. The largest absolute Gasteiger partial charge is 0.494 e. The van der Waals surface area contributed by atoms with Crippen LogP contribution in [0.25, 0.3) is 0 Å². The lowest BCUT2D eigenvalue weighted by atomic mass is 9.87. The van der Waals surface area contributed by atoms with E-state index in [1.165, 1.54) is 23.8 Å². The maximum absolute atomic E-state index is 15.0. The monoisotopic (exact) mass is 420 g/mol. The topological polar surface area (TPSA) is 35.5 Å². The molecule has 0 amide bonds. The molecule has 0 N–H and O–H groups in total. The number of halogens is 1. The zero-order valence-corrected chi connectivity index (χ0v) is 18.4. The SMILES string of the molecule is COc1cccc(C(CCCOc2ccc(C=O)cc2)Cc2ccc(C)c(C)c2)c1F. The van der Waals surface area contributed by atoms with E-state index in [1.54, 1.807) is 30.3 Å². The van der Waals surface area contributed by atoms with E-state index < -0.39 is 0 Å². The zero-order chi connectivity index (χ0) is 22.2. The summed E-state index contributed by atoms with van der Waals surface area (Å²) in [7, 11) is 1.49. The second-order valence-electron chi connectivity index (χ2n) is 7.86. The van der Waals surface area contributed by atoms with E-state index in [0.29, 0.717) is 17.7 Å². The van der Waals surface area contributed by atoms with Crippen molar-refractivity contribution in [3.8, 4) is 11.5 Å². The number of carbonyl (C=O) groups is 1. The Balaban J connectivity index is 1.72. The summed E-state index contributed by atoms with van der Waals surface area (Å²) < 4.78 is 26.0. The molecule has 3 aromatic carbocycles. The number of aryl methyl sites for hydroxylation is 2. The molecule has 0 aliphatic carbocycles. The number of rotatable bonds is 10. The van der Waals surface area contributed by atoms with E-state index in [4.69, 9.17) is 9.47 Å². The van der Waals surface area contributed by atoms with E-state index in [9.17, 15) is 4.79 Å². The van der Waals surface area contributed by atoms with Gasteiger partial charge in [0.05, 0.1) is 13.7 Å². The summed E-state index contributed by atoms with van der Waals surface area (Å²) in [5.74, 6) is 0.723. The molecule has 0 spiro atoms. The molecule has 0 fully saturated rings. The Morgan fingerprint density at radius 2 is 1.77 bits per heavy atom. The Kier molecular flexibility index (Phi) is 7.82. The number of benzene rings is 3. The third-order valence-corrected chi connectivity index (χ3v) is 5.69. The van der Waals surface area contributed by atoms with Gasteiger partial charge in [-0.25, -0.2) is 4.39 Å². The first-order valence-corrected chi connectivity index (χ1v) is 10.6. The van der Waals surface area contributed by atoms with Crippen LogP contribution in [0.15, 0.2) is 60.7 Å². The van der Waals surface area contributed by atoms with Crippen LogP contribution in [0.5, 0.6) is 11.5 Å². The molecule has 3 nitrogen and oxygen atoms in total. The van der Waals surface area contributed by atoms with Gasteiger partial charge in [0.25, 0.3) is 0 Å². The van der Waals surface area contributed by atoms with Crippen molar-refractivity contribution in [1.82, 2.24) is 0 Å². The minimum absolute atomic E-state index is 0.0123. The first kappa shape index (κ1) is 22.5. The van der Waals surface area contributed by atoms with Crippen molar-refractivity contribution in [1.29, 1.82) is 0 Å². The highest BCUT2D eigenvalue weighted by molar-refractivity contribution is 5.74. The van der Waals surface area contributed by atoms with Crippen molar-refractivity contribution >= 4 is 6.29 Å². The Labute approximate surface area is 183 Å². The van der Waals surface area contributed by atoms with Crippen molar-refractivity contribution < 1.29 is 18.7 Å². The quantitative estimate of drug-likeness (QED) is 0.279. The van der Waals surface area contributed by atoms with Gasteiger partial charge in [-0.3, -0.25) is 4.79 Å². The van der Waals surface area contributed by atoms with Gasteiger partial charge in [-0.1, -0.05) is 30.3 Å². The highest BCUT2D eigenvalue weighted by Gasteiger charge is 2.19. The summed E-state index contributed by atoms with van der Waals surface area (Å²) in [6, 6.07) is 18.8. The van der Waals surface area contributed by atoms with Crippen LogP contribution >= 0.6 is 0 Å². The molecule has 1 unspecified atom stereocenters. The fraction of sp³-hybridized carbons (Fsp3) is 0.296. The highest BCUT2D eigenvalue weighted by Crippen LogP contribution is 2.32. The number of ether oxygens (including phenoxy) is 2. The summed E-state index contributed by atoms with van der Waals surface area (Å²) in [6.07, 6.45) is 3.12. The van der Waals surface area contributed by atoms with Gasteiger partial charge in [-0.2, -0.15) is 0 Å². The number of aldehydes is 1. The van der Waals surface area contributed by atoms with Crippen molar-refractivity contribution in [2.24, 2.45) is 0 Å². The summed E-state index contributed by atoms with van der Waals surface area (Å²) in [4.78, 5) is 10.8. The summed E-state index contributed by atoms with van der Waals surface area (Å²) in [5, 5.41) is 0. The van der Waals surface area contributed by atoms with Gasteiger partial charge in [-0.05, 0) is 91.6 Å². The van der Waals surface area contributed by atoms with Crippen LogP contribution in [-0.2, 0) is 6.42 Å². The molecule has 0 heterocycles. The zero-order valence-electron chi connectivity index (χ0n) is 18.4. The fourth-order valence-corrected chi connectivity index (χ4v) is 3.75. The van der Waals surface area contributed by atoms with E-state index in [1.807, 2.05) is 12.1 Å². The van der Waals surface area contributed by atoms with Gasteiger partial charge in [0, 0.05) is 5.56 Å².